The van der Waals surface area contributed by atoms with E-state index in [9.17, 15) is 10.2 Å². The molecule has 3 N–H and O–H groups in total. The van der Waals surface area contributed by atoms with E-state index in [1.165, 1.54) is 0 Å². The molecule has 6 nitrogen and oxygen atoms in total. The van der Waals surface area contributed by atoms with Crippen LogP contribution in [0.3, 0.4) is 0 Å². The molecule has 2 aromatic rings. The van der Waals surface area contributed by atoms with Crippen molar-refractivity contribution in [1.29, 1.82) is 5.26 Å². The van der Waals surface area contributed by atoms with E-state index in [0.717, 1.165) is 0 Å². The summed E-state index contributed by atoms with van der Waals surface area (Å²) in [5.41, 5.74) is 0.394. The minimum Gasteiger partial charge on any atom is -0.491 e. The van der Waals surface area contributed by atoms with Crippen LogP contribution in [0, 0.1) is 11.3 Å². The number of nitrogens with zero attached hydrogens (tertiary/aromatic N) is 1. The topological polar surface area (TPSA) is 94.7 Å². The lowest BCUT2D eigenvalue weighted by molar-refractivity contribution is -0.0664. The third kappa shape index (κ3) is 4.40. The van der Waals surface area contributed by atoms with E-state index in [2.05, 4.69) is 11.4 Å². The first-order valence-electron chi connectivity index (χ1n) is 8.91. The van der Waals surface area contributed by atoms with E-state index in [0.29, 0.717) is 22.6 Å². The van der Waals surface area contributed by atoms with Gasteiger partial charge in [0.1, 0.15) is 35.9 Å². The Morgan fingerprint density at radius 3 is 2.70 bits per heavy atom. The summed E-state index contributed by atoms with van der Waals surface area (Å²) >= 11 is 0. The predicted octanol–water partition coefficient (Wildman–Crippen LogP) is 2.16. The first kappa shape index (κ1) is 19.2. The maximum absolute atomic E-state index is 10.7. The zero-order valence-electron chi connectivity index (χ0n) is 15.4. The molecule has 2 aromatic carbocycles. The van der Waals surface area contributed by atoms with Crippen molar-refractivity contribution in [2.45, 2.75) is 37.7 Å². The van der Waals surface area contributed by atoms with Crippen LogP contribution in [0.25, 0.3) is 0 Å². The summed E-state index contributed by atoms with van der Waals surface area (Å²) in [5, 5.41) is 33.4. The van der Waals surface area contributed by atoms with Crippen molar-refractivity contribution in [3.05, 3.63) is 59.7 Å². The summed E-state index contributed by atoms with van der Waals surface area (Å²) in [6, 6.07) is 16.0. The molecule has 0 saturated carbocycles. The van der Waals surface area contributed by atoms with E-state index >= 15 is 0 Å². The number of hydrogen-bond donors (Lipinski definition) is 3. The molecule has 1 unspecified atom stereocenters. The van der Waals surface area contributed by atoms with Gasteiger partial charge in [-0.2, -0.15) is 5.26 Å². The van der Waals surface area contributed by atoms with E-state index in [-0.39, 0.29) is 13.2 Å². The highest BCUT2D eigenvalue weighted by molar-refractivity contribution is 5.46. The molecular formula is C21H24N2O4. The number of aliphatic hydroxyl groups excluding tert-OH is 2. The quantitative estimate of drug-likeness (QED) is 0.723. The Balaban J connectivity index is 1.68. The number of fused-ring (bicyclic) bond motifs is 1. The van der Waals surface area contributed by atoms with Gasteiger partial charge in [0.05, 0.1) is 17.7 Å². The number of nitrogens with one attached hydrogen (secondary N) is 1. The maximum atomic E-state index is 10.7. The first-order chi connectivity index (χ1) is 12.9. The Hall–Kier alpha value is -2.59. The fraction of sp³-hybridized carbons (Fsp3) is 0.381. The molecule has 0 aromatic heterocycles. The van der Waals surface area contributed by atoms with Crippen molar-refractivity contribution >= 4 is 0 Å². The molecule has 0 amide bonds. The van der Waals surface area contributed by atoms with Crippen molar-refractivity contribution < 1.29 is 19.7 Å². The van der Waals surface area contributed by atoms with Crippen LogP contribution in [0.15, 0.2) is 48.5 Å². The number of nitriles is 1. The van der Waals surface area contributed by atoms with E-state index in [4.69, 9.17) is 14.7 Å². The monoisotopic (exact) mass is 368 g/mol. The molecule has 0 saturated heterocycles. The number of aliphatic hydroxyl groups is 2. The number of rotatable bonds is 6. The minimum absolute atomic E-state index is 0.130. The summed E-state index contributed by atoms with van der Waals surface area (Å²) in [6.45, 7) is 3.97. The van der Waals surface area contributed by atoms with Crippen LogP contribution in [0.5, 0.6) is 11.5 Å². The Bertz CT molecular complexity index is 817. The normalized spacial score (nSPS) is 21.4. The molecule has 1 aliphatic heterocycles. The smallest absolute Gasteiger partial charge is 0.131 e. The average molecular weight is 368 g/mol. The summed E-state index contributed by atoms with van der Waals surface area (Å²) in [5.74, 6) is 1.31. The lowest BCUT2D eigenvalue weighted by atomic mass is 9.86. The molecule has 142 valence electrons. The molecule has 0 fully saturated rings. The third-order valence-electron chi connectivity index (χ3n) is 4.63. The van der Waals surface area contributed by atoms with Crippen molar-refractivity contribution in [3.63, 3.8) is 0 Å². The zero-order chi connectivity index (χ0) is 19.4. The van der Waals surface area contributed by atoms with Crippen LogP contribution in [0.2, 0.25) is 0 Å². The molecule has 6 heteroatoms. The highest BCUT2D eigenvalue weighted by Crippen LogP contribution is 2.40. The summed E-state index contributed by atoms with van der Waals surface area (Å²) in [6.07, 6.45) is -1.60. The van der Waals surface area contributed by atoms with Gasteiger partial charge in [0.15, 0.2) is 0 Å². The SMILES string of the molecule is CC1(C)Oc2ccc(C#N)cc2[C@H](NCC(O)COc2ccccc2)[C@H]1O. The lowest BCUT2D eigenvalue weighted by Crippen LogP contribution is -2.53. The highest BCUT2D eigenvalue weighted by atomic mass is 16.5. The maximum Gasteiger partial charge on any atom is 0.131 e. The average Bonchev–Trinajstić information content (AvgIpc) is 2.67. The molecule has 3 atom stereocenters. The molecular weight excluding hydrogens is 344 g/mol. The van der Waals surface area contributed by atoms with Crippen LogP contribution in [0.4, 0.5) is 0 Å². The summed E-state index contributed by atoms with van der Waals surface area (Å²) in [7, 11) is 0. The Morgan fingerprint density at radius 2 is 2.00 bits per heavy atom. The summed E-state index contributed by atoms with van der Waals surface area (Å²) in [4.78, 5) is 0. The van der Waals surface area contributed by atoms with Gasteiger partial charge in [0.2, 0.25) is 0 Å². The Morgan fingerprint density at radius 1 is 1.26 bits per heavy atom. The van der Waals surface area contributed by atoms with Gasteiger partial charge in [-0.25, -0.2) is 0 Å². The van der Waals surface area contributed by atoms with Gasteiger partial charge in [-0.3, -0.25) is 0 Å². The van der Waals surface area contributed by atoms with Gasteiger partial charge in [0.25, 0.3) is 0 Å². The van der Waals surface area contributed by atoms with Gasteiger partial charge in [-0.1, -0.05) is 18.2 Å². The fourth-order valence-corrected chi connectivity index (χ4v) is 3.12. The largest absolute Gasteiger partial charge is 0.491 e. The van der Waals surface area contributed by atoms with Crippen molar-refractivity contribution in [2.24, 2.45) is 0 Å². The van der Waals surface area contributed by atoms with Crippen molar-refractivity contribution in [2.75, 3.05) is 13.2 Å². The van der Waals surface area contributed by atoms with Crippen LogP contribution < -0.4 is 14.8 Å². The van der Waals surface area contributed by atoms with Crippen LogP contribution >= 0.6 is 0 Å². The third-order valence-corrected chi connectivity index (χ3v) is 4.63. The van der Waals surface area contributed by atoms with Gasteiger partial charge in [0, 0.05) is 12.1 Å². The first-order valence-corrected chi connectivity index (χ1v) is 8.91. The second-order valence-corrected chi connectivity index (χ2v) is 7.18. The molecule has 1 heterocycles. The lowest BCUT2D eigenvalue weighted by Gasteiger charge is -2.42. The second-order valence-electron chi connectivity index (χ2n) is 7.18. The molecule has 3 rings (SSSR count). The number of hydrogen-bond acceptors (Lipinski definition) is 6. The van der Waals surface area contributed by atoms with Gasteiger partial charge in [-0.05, 0) is 44.2 Å². The van der Waals surface area contributed by atoms with Crippen molar-refractivity contribution in [3.8, 4) is 17.6 Å². The van der Waals surface area contributed by atoms with Crippen LogP contribution in [-0.2, 0) is 0 Å². The van der Waals surface area contributed by atoms with Crippen LogP contribution in [-0.4, -0.2) is 41.2 Å². The van der Waals surface area contributed by atoms with E-state index in [1.54, 1.807) is 18.2 Å². The highest BCUT2D eigenvalue weighted by Gasteiger charge is 2.42. The molecule has 0 spiro atoms. The van der Waals surface area contributed by atoms with Gasteiger partial charge in [-0.15, -0.1) is 0 Å². The minimum atomic E-state index is -0.846. The Labute approximate surface area is 159 Å². The fourth-order valence-electron chi connectivity index (χ4n) is 3.12. The number of benzene rings is 2. The second kappa shape index (κ2) is 7.97. The van der Waals surface area contributed by atoms with Crippen LogP contribution in [0.1, 0.15) is 31.0 Å². The Kier molecular flexibility index (Phi) is 5.66. The molecule has 1 aliphatic rings. The standard InChI is InChI=1S/C21H24N2O4/c1-21(2)20(25)19(17-10-14(11-22)8-9-18(17)27-21)23-12-15(24)13-26-16-6-4-3-5-7-16/h3-10,15,19-20,23-25H,12-13H2,1-2H3/t15?,19-,20+/m0/s1. The molecule has 0 aliphatic carbocycles. The molecule has 0 bridgehead atoms. The zero-order valence-corrected chi connectivity index (χ0v) is 15.4. The van der Waals surface area contributed by atoms with E-state index in [1.807, 2.05) is 44.2 Å². The van der Waals surface area contributed by atoms with Gasteiger partial charge >= 0.3 is 0 Å². The molecule has 0 radical (unpaired) electrons. The van der Waals surface area contributed by atoms with E-state index < -0.39 is 23.9 Å². The van der Waals surface area contributed by atoms with Gasteiger partial charge < -0.3 is 25.0 Å². The van der Waals surface area contributed by atoms with Crippen molar-refractivity contribution in [1.82, 2.24) is 5.32 Å². The number of ether oxygens (including phenoxy) is 2. The summed E-state index contributed by atoms with van der Waals surface area (Å²) < 4.78 is 11.4. The number of para-hydroxylation sites is 1. The molecule has 27 heavy (non-hydrogen) atoms. The predicted molar refractivity (Wildman–Crippen MR) is 101 cm³/mol.